The Kier molecular flexibility index (Phi) is 3.28. The molecule has 2 rings (SSSR count). The smallest absolute Gasteiger partial charge is 0.305 e. The summed E-state index contributed by atoms with van der Waals surface area (Å²) in [4.78, 5) is 19.4. The van der Waals surface area contributed by atoms with Crippen LogP contribution in [0, 0.1) is 0 Å². The molecule has 0 saturated heterocycles. The lowest BCUT2D eigenvalue weighted by atomic mass is 10.4. The highest BCUT2D eigenvalue weighted by Crippen LogP contribution is 2.20. The van der Waals surface area contributed by atoms with Crippen molar-refractivity contribution in [3.05, 3.63) is 30.5 Å². The predicted octanol–water partition coefficient (Wildman–Crippen LogP) is 0.450. The van der Waals surface area contributed by atoms with E-state index in [0.29, 0.717) is 17.3 Å². The van der Waals surface area contributed by atoms with E-state index in [1.807, 2.05) is 0 Å². The molecule has 0 unspecified atom stereocenters. The van der Waals surface area contributed by atoms with Gasteiger partial charge in [0.25, 0.3) is 0 Å². The standard InChI is InChI=1S/C10H12N6O2/c1-12-8-7(11)9(14-5-13-8)15-16-10(17)6-3-2-4-18-6/h2-5H,11H2,1H3,(H,16,17)(H2,12,13,14,15). The van der Waals surface area contributed by atoms with Gasteiger partial charge in [-0.3, -0.25) is 15.6 Å². The molecule has 0 aromatic carbocycles. The number of carbonyl (C=O) groups excluding carboxylic acids is 1. The first kappa shape index (κ1) is 11.7. The Balaban J connectivity index is 2.05. The monoisotopic (exact) mass is 248 g/mol. The van der Waals surface area contributed by atoms with E-state index in [4.69, 9.17) is 10.2 Å². The quantitative estimate of drug-likeness (QED) is 0.580. The molecule has 2 heterocycles. The van der Waals surface area contributed by atoms with Crippen LogP contribution in [0.5, 0.6) is 0 Å². The van der Waals surface area contributed by atoms with Crippen LogP contribution < -0.4 is 21.9 Å². The highest BCUT2D eigenvalue weighted by molar-refractivity contribution is 5.92. The number of nitrogen functional groups attached to an aromatic ring is 1. The molecular formula is C10H12N6O2. The number of hydrogen-bond acceptors (Lipinski definition) is 7. The van der Waals surface area contributed by atoms with Crippen molar-refractivity contribution in [3.63, 3.8) is 0 Å². The minimum Gasteiger partial charge on any atom is -0.459 e. The lowest BCUT2D eigenvalue weighted by Crippen LogP contribution is -2.30. The molecule has 0 aliphatic carbocycles. The summed E-state index contributed by atoms with van der Waals surface area (Å²) in [5.41, 5.74) is 11.1. The van der Waals surface area contributed by atoms with Crippen molar-refractivity contribution >= 4 is 23.2 Å². The van der Waals surface area contributed by atoms with E-state index in [1.165, 1.54) is 12.6 Å². The van der Waals surface area contributed by atoms with Crippen LogP contribution in [0.4, 0.5) is 17.3 Å². The molecule has 0 bridgehead atoms. The van der Waals surface area contributed by atoms with Gasteiger partial charge in [-0.05, 0) is 12.1 Å². The highest BCUT2D eigenvalue weighted by atomic mass is 16.3. The number of hydrogen-bond donors (Lipinski definition) is 4. The van der Waals surface area contributed by atoms with Gasteiger partial charge in [-0.15, -0.1) is 0 Å². The van der Waals surface area contributed by atoms with Crippen molar-refractivity contribution in [3.8, 4) is 0 Å². The zero-order valence-corrected chi connectivity index (χ0v) is 9.60. The summed E-state index contributed by atoms with van der Waals surface area (Å²) >= 11 is 0. The van der Waals surface area contributed by atoms with Gasteiger partial charge in [-0.2, -0.15) is 0 Å². The van der Waals surface area contributed by atoms with Crippen LogP contribution in [0.2, 0.25) is 0 Å². The molecule has 0 aliphatic heterocycles. The predicted molar refractivity (Wildman–Crippen MR) is 65.8 cm³/mol. The van der Waals surface area contributed by atoms with E-state index in [1.54, 1.807) is 19.2 Å². The Morgan fingerprint density at radius 1 is 1.39 bits per heavy atom. The third-order valence-electron chi connectivity index (χ3n) is 2.16. The number of rotatable bonds is 4. The molecule has 0 saturated carbocycles. The summed E-state index contributed by atoms with van der Waals surface area (Å²) in [6, 6.07) is 3.16. The van der Waals surface area contributed by atoms with E-state index in [0.717, 1.165) is 0 Å². The third-order valence-corrected chi connectivity index (χ3v) is 2.16. The van der Waals surface area contributed by atoms with Crippen molar-refractivity contribution in [2.24, 2.45) is 0 Å². The second kappa shape index (κ2) is 5.04. The van der Waals surface area contributed by atoms with Crippen molar-refractivity contribution in [1.29, 1.82) is 0 Å². The number of anilines is 3. The Morgan fingerprint density at radius 2 is 2.17 bits per heavy atom. The van der Waals surface area contributed by atoms with Gasteiger partial charge in [0, 0.05) is 7.05 Å². The number of amides is 1. The van der Waals surface area contributed by atoms with E-state index in [9.17, 15) is 4.79 Å². The van der Waals surface area contributed by atoms with Gasteiger partial charge in [0.15, 0.2) is 17.4 Å². The van der Waals surface area contributed by atoms with E-state index < -0.39 is 5.91 Å². The fraction of sp³-hybridized carbons (Fsp3) is 0.100. The number of nitrogens with two attached hydrogens (primary N) is 1. The Bertz CT molecular complexity index is 539. The average molecular weight is 248 g/mol. The van der Waals surface area contributed by atoms with Crippen LogP contribution in [-0.2, 0) is 0 Å². The Hall–Kier alpha value is -2.77. The van der Waals surface area contributed by atoms with Gasteiger partial charge < -0.3 is 15.5 Å². The average Bonchev–Trinajstić information content (AvgIpc) is 2.91. The molecule has 2 aromatic rings. The summed E-state index contributed by atoms with van der Waals surface area (Å²) < 4.78 is 4.93. The molecule has 0 spiro atoms. The molecule has 0 atom stereocenters. The fourth-order valence-corrected chi connectivity index (χ4v) is 1.28. The van der Waals surface area contributed by atoms with Gasteiger partial charge in [0.1, 0.15) is 12.0 Å². The lowest BCUT2D eigenvalue weighted by Gasteiger charge is -2.10. The first-order valence-corrected chi connectivity index (χ1v) is 5.10. The largest absolute Gasteiger partial charge is 0.459 e. The van der Waals surface area contributed by atoms with E-state index in [-0.39, 0.29) is 5.76 Å². The summed E-state index contributed by atoms with van der Waals surface area (Å²) in [5.74, 6) is 0.530. The minimum absolute atomic E-state index is 0.184. The van der Waals surface area contributed by atoms with Gasteiger partial charge in [-0.1, -0.05) is 0 Å². The number of carbonyl (C=O) groups is 1. The molecular weight excluding hydrogens is 236 g/mol. The maximum Gasteiger partial charge on any atom is 0.305 e. The zero-order valence-electron chi connectivity index (χ0n) is 9.60. The Morgan fingerprint density at radius 3 is 2.83 bits per heavy atom. The van der Waals surface area contributed by atoms with Crippen LogP contribution in [0.15, 0.2) is 29.1 Å². The normalized spacial score (nSPS) is 9.83. The van der Waals surface area contributed by atoms with E-state index in [2.05, 4.69) is 26.1 Å². The third kappa shape index (κ3) is 2.32. The van der Waals surface area contributed by atoms with Crippen molar-refractivity contribution < 1.29 is 9.21 Å². The molecule has 1 amide bonds. The molecule has 18 heavy (non-hydrogen) atoms. The molecule has 8 heteroatoms. The molecule has 8 nitrogen and oxygen atoms in total. The van der Waals surface area contributed by atoms with E-state index >= 15 is 0 Å². The molecule has 0 aliphatic rings. The second-order valence-electron chi connectivity index (χ2n) is 3.29. The first-order valence-electron chi connectivity index (χ1n) is 5.10. The fourth-order valence-electron chi connectivity index (χ4n) is 1.28. The molecule has 2 aromatic heterocycles. The zero-order chi connectivity index (χ0) is 13.0. The summed E-state index contributed by atoms with van der Waals surface area (Å²) in [5, 5.41) is 2.80. The topological polar surface area (TPSA) is 118 Å². The summed E-state index contributed by atoms with van der Waals surface area (Å²) in [6.45, 7) is 0. The summed E-state index contributed by atoms with van der Waals surface area (Å²) in [6.07, 6.45) is 2.73. The van der Waals surface area contributed by atoms with Crippen LogP contribution in [0.1, 0.15) is 10.6 Å². The highest BCUT2D eigenvalue weighted by Gasteiger charge is 2.10. The molecule has 5 N–H and O–H groups in total. The molecule has 94 valence electrons. The van der Waals surface area contributed by atoms with Crippen molar-refractivity contribution in [2.45, 2.75) is 0 Å². The number of hydrazine groups is 1. The van der Waals surface area contributed by atoms with Gasteiger partial charge in [0.05, 0.1) is 6.26 Å². The first-order chi connectivity index (χ1) is 8.72. The number of furan rings is 1. The number of nitrogens with zero attached hydrogens (tertiary/aromatic N) is 2. The van der Waals surface area contributed by atoms with Crippen LogP contribution in [0.25, 0.3) is 0 Å². The molecule has 0 fully saturated rings. The SMILES string of the molecule is CNc1ncnc(NNC(=O)c2ccco2)c1N. The van der Waals surface area contributed by atoms with Crippen LogP contribution >= 0.6 is 0 Å². The lowest BCUT2D eigenvalue weighted by molar-refractivity contribution is 0.0935. The maximum atomic E-state index is 11.6. The van der Waals surface area contributed by atoms with Crippen molar-refractivity contribution in [2.75, 3.05) is 23.5 Å². The number of aromatic nitrogens is 2. The second-order valence-corrected chi connectivity index (χ2v) is 3.29. The van der Waals surface area contributed by atoms with Gasteiger partial charge >= 0.3 is 5.91 Å². The van der Waals surface area contributed by atoms with Gasteiger partial charge in [0.2, 0.25) is 0 Å². The Labute approximate surface area is 103 Å². The van der Waals surface area contributed by atoms with Crippen LogP contribution in [-0.4, -0.2) is 22.9 Å². The number of nitrogens with one attached hydrogen (secondary N) is 3. The van der Waals surface area contributed by atoms with Gasteiger partial charge in [-0.25, -0.2) is 9.97 Å². The minimum atomic E-state index is -0.427. The molecule has 0 radical (unpaired) electrons. The van der Waals surface area contributed by atoms with Crippen LogP contribution in [0.3, 0.4) is 0 Å². The maximum absolute atomic E-state index is 11.6. The van der Waals surface area contributed by atoms with Crippen molar-refractivity contribution in [1.82, 2.24) is 15.4 Å². The summed E-state index contributed by atoms with van der Waals surface area (Å²) in [7, 11) is 1.68.